The maximum absolute atomic E-state index is 12.8. The third-order valence-electron chi connectivity index (χ3n) is 6.53. The number of rotatable bonds is 5. The minimum atomic E-state index is -1.70. The van der Waals surface area contributed by atoms with Gasteiger partial charge in [0.15, 0.2) is 5.54 Å². The van der Waals surface area contributed by atoms with Crippen LogP contribution >= 0.6 is 0 Å². The minimum Gasteiger partial charge on any atom is -0.480 e. The van der Waals surface area contributed by atoms with Gasteiger partial charge in [-0.05, 0) is 22.3 Å². The zero-order valence-corrected chi connectivity index (χ0v) is 17.6. The lowest BCUT2D eigenvalue weighted by Crippen LogP contribution is -2.52. The van der Waals surface area contributed by atoms with Crippen LogP contribution in [0.15, 0.2) is 84.9 Å². The van der Waals surface area contributed by atoms with Gasteiger partial charge in [0.1, 0.15) is 0 Å². The third kappa shape index (κ3) is 3.45. The van der Waals surface area contributed by atoms with E-state index < -0.39 is 41.2 Å². The molecule has 2 heterocycles. The summed E-state index contributed by atoms with van der Waals surface area (Å²) in [5, 5.41) is 15.8. The van der Waals surface area contributed by atoms with Crippen molar-refractivity contribution in [2.75, 3.05) is 0 Å². The Labute approximate surface area is 191 Å². The van der Waals surface area contributed by atoms with Gasteiger partial charge in [-0.2, -0.15) is 0 Å². The molecule has 2 aliphatic heterocycles. The van der Waals surface area contributed by atoms with Crippen LogP contribution in [0.5, 0.6) is 0 Å². The Bertz CT molecular complexity index is 1240. The molecule has 4 atom stereocenters. The van der Waals surface area contributed by atoms with Crippen molar-refractivity contribution in [3.8, 4) is 0 Å². The molecule has 6 nitrogen and oxygen atoms in total. The first-order valence-electron chi connectivity index (χ1n) is 10.7. The van der Waals surface area contributed by atoms with E-state index in [4.69, 9.17) is 0 Å². The van der Waals surface area contributed by atoms with Crippen molar-refractivity contribution in [1.82, 2.24) is 10.6 Å². The lowest BCUT2D eigenvalue weighted by Gasteiger charge is -2.30. The van der Waals surface area contributed by atoms with Gasteiger partial charge in [-0.3, -0.25) is 20.2 Å². The average Bonchev–Trinajstić information content (AvgIpc) is 3.36. The van der Waals surface area contributed by atoms with E-state index in [0.717, 1.165) is 16.7 Å². The van der Waals surface area contributed by atoms with Gasteiger partial charge >= 0.3 is 5.97 Å². The summed E-state index contributed by atoms with van der Waals surface area (Å²) in [6.07, 6.45) is 3.99. The highest BCUT2D eigenvalue weighted by Crippen LogP contribution is 2.50. The molecule has 164 valence electrons. The second kappa shape index (κ2) is 8.15. The topological polar surface area (TPSA) is 95.5 Å². The number of carboxylic acid groups (broad SMARTS) is 1. The molecule has 0 saturated carbocycles. The first-order valence-corrected chi connectivity index (χ1v) is 10.7. The van der Waals surface area contributed by atoms with Crippen LogP contribution in [0.3, 0.4) is 0 Å². The van der Waals surface area contributed by atoms with E-state index in [0.29, 0.717) is 5.56 Å². The largest absolute Gasteiger partial charge is 0.480 e. The molecular weight excluding hydrogens is 416 g/mol. The van der Waals surface area contributed by atoms with Crippen molar-refractivity contribution in [1.29, 1.82) is 0 Å². The van der Waals surface area contributed by atoms with E-state index in [1.165, 1.54) is 0 Å². The monoisotopic (exact) mass is 438 g/mol. The number of amides is 2. The smallest absolute Gasteiger partial charge is 0.329 e. The highest BCUT2D eigenvalue weighted by molar-refractivity contribution is 6.09. The first-order chi connectivity index (χ1) is 16.0. The van der Waals surface area contributed by atoms with Crippen LogP contribution in [-0.2, 0) is 19.9 Å². The van der Waals surface area contributed by atoms with Crippen molar-refractivity contribution >= 4 is 29.9 Å². The van der Waals surface area contributed by atoms with Crippen LogP contribution in [0.1, 0.15) is 28.3 Å². The van der Waals surface area contributed by atoms with Gasteiger partial charge in [-0.15, -0.1) is 0 Å². The molecule has 2 aliphatic rings. The second-order valence-corrected chi connectivity index (χ2v) is 8.37. The highest BCUT2D eigenvalue weighted by Gasteiger charge is 2.67. The van der Waals surface area contributed by atoms with E-state index in [1.54, 1.807) is 30.3 Å². The van der Waals surface area contributed by atoms with Gasteiger partial charge in [0.25, 0.3) is 0 Å². The zero-order valence-electron chi connectivity index (χ0n) is 17.6. The van der Waals surface area contributed by atoms with E-state index in [9.17, 15) is 19.5 Å². The Morgan fingerprint density at radius 1 is 0.788 bits per heavy atom. The number of carboxylic acids is 1. The van der Waals surface area contributed by atoms with Crippen molar-refractivity contribution in [2.45, 2.75) is 11.6 Å². The fraction of sp³-hybridized carbons (Fsp3) is 0.148. The number of carbonyl (C=O) groups is 3. The maximum atomic E-state index is 12.8. The fourth-order valence-corrected chi connectivity index (χ4v) is 4.98. The maximum Gasteiger partial charge on any atom is 0.329 e. The van der Waals surface area contributed by atoms with E-state index >= 15 is 0 Å². The molecule has 2 fully saturated rings. The lowest BCUT2D eigenvalue weighted by atomic mass is 9.75. The number of carbonyl (C=O) groups excluding carboxylic acids is 2. The molecule has 0 radical (unpaired) electrons. The van der Waals surface area contributed by atoms with Gasteiger partial charge in [-0.1, -0.05) is 97.1 Å². The van der Waals surface area contributed by atoms with Crippen molar-refractivity contribution < 1.29 is 19.5 Å². The number of fused-ring (bicyclic) bond motifs is 1. The summed E-state index contributed by atoms with van der Waals surface area (Å²) >= 11 is 0. The Morgan fingerprint density at radius 3 is 1.97 bits per heavy atom. The van der Waals surface area contributed by atoms with Crippen LogP contribution in [0.25, 0.3) is 12.2 Å². The number of hydrogen-bond acceptors (Lipinski definition) is 4. The first kappa shape index (κ1) is 20.8. The normalized spacial score (nSPS) is 26.4. The predicted molar refractivity (Wildman–Crippen MR) is 124 cm³/mol. The Balaban J connectivity index is 1.51. The van der Waals surface area contributed by atoms with Gasteiger partial charge in [0.05, 0.1) is 11.8 Å². The molecule has 2 amide bonds. The highest BCUT2D eigenvalue weighted by atomic mass is 16.4. The van der Waals surface area contributed by atoms with Gasteiger partial charge in [0, 0.05) is 6.04 Å². The molecule has 0 bridgehead atoms. The molecule has 5 rings (SSSR count). The molecular formula is C27H22N2O4. The van der Waals surface area contributed by atoms with E-state index in [-0.39, 0.29) is 0 Å². The van der Waals surface area contributed by atoms with Crippen LogP contribution in [0.4, 0.5) is 0 Å². The molecule has 33 heavy (non-hydrogen) atoms. The van der Waals surface area contributed by atoms with Crippen molar-refractivity contribution in [2.24, 2.45) is 11.8 Å². The lowest BCUT2D eigenvalue weighted by molar-refractivity contribution is -0.149. The quantitative estimate of drug-likeness (QED) is 0.419. The summed E-state index contributed by atoms with van der Waals surface area (Å²) in [4.78, 5) is 38.1. The number of aliphatic carboxylic acids is 1. The predicted octanol–water partition coefficient (Wildman–Crippen LogP) is 3.37. The molecule has 3 aromatic rings. The summed E-state index contributed by atoms with van der Waals surface area (Å²) in [5.41, 5.74) is 1.56. The summed E-state index contributed by atoms with van der Waals surface area (Å²) in [6, 6.07) is 25.5. The second-order valence-electron chi connectivity index (χ2n) is 8.37. The summed E-state index contributed by atoms with van der Waals surface area (Å²) < 4.78 is 0. The Morgan fingerprint density at radius 2 is 1.36 bits per heavy atom. The number of nitrogens with one attached hydrogen (secondary N) is 2. The van der Waals surface area contributed by atoms with E-state index in [2.05, 4.69) is 10.6 Å². The molecule has 0 aromatic heterocycles. The summed E-state index contributed by atoms with van der Waals surface area (Å²) in [7, 11) is 0. The van der Waals surface area contributed by atoms with Crippen LogP contribution in [0.2, 0.25) is 0 Å². The van der Waals surface area contributed by atoms with Crippen LogP contribution in [0, 0.1) is 11.8 Å². The average molecular weight is 438 g/mol. The summed E-state index contributed by atoms with van der Waals surface area (Å²) in [6.45, 7) is 0. The SMILES string of the molecule is O=C1NC(=O)C2C1C(c1ccc(C=Cc3ccccc3)cc1)NC2(C(=O)O)c1ccccc1. The van der Waals surface area contributed by atoms with E-state index in [1.807, 2.05) is 66.7 Å². The zero-order chi connectivity index (χ0) is 23.0. The molecule has 4 unspecified atom stereocenters. The van der Waals surface area contributed by atoms with Crippen LogP contribution < -0.4 is 10.6 Å². The van der Waals surface area contributed by atoms with Gasteiger partial charge in [-0.25, -0.2) is 4.79 Å². The Hall–Kier alpha value is -4.03. The number of imide groups is 1. The van der Waals surface area contributed by atoms with Crippen molar-refractivity contribution in [3.63, 3.8) is 0 Å². The fourth-order valence-electron chi connectivity index (χ4n) is 4.98. The van der Waals surface area contributed by atoms with Crippen molar-refractivity contribution in [3.05, 3.63) is 107 Å². The standard InChI is InChI=1S/C27H22N2O4/c30-24-21-22(25(31)28-24)27(26(32)33,20-9-5-2-6-10-20)29-23(21)19-15-13-18(14-16-19)12-11-17-7-3-1-4-8-17/h1-16,21-23,29H,(H,32,33)(H,28,30,31). The Kier molecular flexibility index (Phi) is 5.15. The molecule has 0 spiro atoms. The molecule has 6 heteroatoms. The van der Waals surface area contributed by atoms with Gasteiger partial charge in [0.2, 0.25) is 11.8 Å². The third-order valence-corrected chi connectivity index (χ3v) is 6.53. The summed E-state index contributed by atoms with van der Waals surface area (Å²) in [5.74, 6) is -4.06. The molecule has 3 N–H and O–H groups in total. The minimum absolute atomic E-state index is 0.447. The molecule has 0 aliphatic carbocycles. The van der Waals surface area contributed by atoms with Gasteiger partial charge < -0.3 is 5.11 Å². The number of hydrogen-bond donors (Lipinski definition) is 3. The number of benzene rings is 3. The molecule has 3 aromatic carbocycles. The molecule has 2 saturated heterocycles. The van der Waals surface area contributed by atoms with Crippen LogP contribution in [-0.4, -0.2) is 22.9 Å².